The zero-order chi connectivity index (χ0) is 12.6. The van der Waals surface area contributed by atoms with Crippen molar-refractivity contribution in [3.8, 4) is 0 Å². The summed E-state index contributed by atoms with van der Waals surface area (Å²) in [6.07, 6.45) is 0. The molecule has 0 radical (unpaired) electrons. The summed E-state index contributed by atoms with van der Waals surface area (Å²) in [5, 5.41) is -0.00243. The van der Waals surface area contributed by atoms with E-state index in [4.69, 9.17) is 23.2 Å². The summed E-state index contributed by atoms with van der Waals surface area (Å²) in [6, 6.07) is 6.24. The molecule has 0 aliphatic rings. The smallest absolute Gasteiger partial charge is 0.124 e. The largest absolute Gasteiger partial charge is 0.207 e. The molecule has 17 heavy (non-hydrogen) atoms. The van der Waals surface area contributed by atoms with E-state index in [1.165, 1.54) is 12.1 Å². The Morgan fingerprint density at radius 1 is 1.29 bits per heavy atom. The Morgan fingerprint density at radius 3 is 2.53 bits per heavy atom. The fourth-order valence-electron chi connectivity index (χ4n) is 1.58. The van der Waals surface area contributed by atoms with E-state index < -0.39 is 0 Å². The van der Waals surface area contributed by atoms with Crippen LogP contribution in [0, 0.1) is 12.7 Å². The third kappa shape index (κ3) is 2.84. The van der Waals surface area contributed by atoms with Crippen molar-refractivity contribution >= 4 is 50.5 Å². The molecular weight excluding hydrogens is 346 g/mol. The van der Waals surface area contributed by atoms with Gasteiger partial charge in [-0.15, -0.1) is 22.9 Å². The van der Waals surface area contributed by atoms with E-state index in [2.05, 4.69) is 15.9 Å². The van der Waals surface area contributed by atoms with Crippen LogP contribution >= 0.6 is 50.5 Å². The van der Waals surface area contributed by atoms with E-state index >= 15 is 0 Å². The van der Waals surface area contributed by atoms with Gasteiger partial charge in [-0.25, -0.2) is 4.39 Å². The molecule has 90 valence electrons. The average molecular weight is 354 g/mol. The standard InChI is InChI=1S/C12H8BrCl2FS/c1-6-9(5-11(13)17-6)12(15)8-3-2-7(16)4-10(8)14/h2-5,12H,1H3. The number of rotatable bonds is 2. The molecule has 0 saturated heterocycles. The lowest BCUT2D eigenvalue weighted by molar-refractivity contribution is 0.627. The maximum Gasteiger partial charge on any atom is 0.124 e. The molecule has 0 bridgehead atoms. The summed E-state index contributed by atoms with van der Waals surface area (Å²) >= 11 is 17.4. The number of benzene rings is 1. The van der Waals surface area contributed by atoms with Crippen LogP contribution in [-0.4, -0.2) is 0 Å². The molecule has 2 rings (SSSR count). The van der Waals surface area contributed by atoms with Gasteiger partial charge >= 0.3 is 0 Å². The lowest BCUT2D eigenvalue weighted by atomic mass is 10.1. The van der Waals surface area contributed by atoms with Crippen LogP contribution < -0.4 is 0 Å². The zero-order valence-electron chi connectivity index (χ0n) is 8.81. The van der Waals surface area contributed by atoms with Crippen LogP contribution in [0.25, 0.3) is 0 Å². The number of hydrogen-bond acceptors (Lipinski definition) is 1. The van der Waals surface area contributed by atoms with Crippen molar-refractivity contribution in [2.75, 3.05) is 0 Å². The van der Waals surface area contributed by atoms with Gasteiger partial charge in [-0.2, -0.15) is 0 Å². The molecule has 0 aliphatic carbocycles. The lowest BCUT2D eigenvalue weighted by Gasteiger charge is -2.11. The van der Waals surface area contributed by atoms with Crippen molar-refractivity contribution < 1.29 is 4.39 Å². The van der Waals surface area contributed by atoms with Crippen LogP contribution in [0.2, 0.25) is 5.02 Å². The minimum absolute atomic E-state index is 0.353. The number of alkyl halides is 1. The third-order valence-corrected chi connectivity index (χ3v) is 4.80. The van der Waals surface area contributed by atoms with Gasteiger partial charge in [0, 0.05) is 9.90 Å². The highest BCUT2D eigenvalue weighted by molar-refractivity contribution is 9.11. The molecule has 1 unspecified atom stereocenters. The molecule has 1 atom stereocenters. The summed E-state index contributed by atoms with van der Waals surface area (Å²) in [4.78, 5) is 1.12. The minimum Gasteiger partial charge on any atom is -0.207 e. The van der Waals surface area contributed by atoms with Crippen molar-refractivity contribution in [3.63, 3.8) is 0 Å². The molecule has 0 N–H and O–H groups in total. The fraction of sp³-hybridized carbons (Fsp3) is 0.167. The summed E-state index contributed by atoms with van der Waals surface area (Å²) in [6.45, 7) is 2.00. The summed E-state index contributed by atoms with van der Waals surface area (Å²) in [5.74, 6) is -0.356. The average Bonchev–Trinajstić information content (AvgIpc) is 2.57. The summed E-state index contributed by atoms with van der Waals surface area (Å²) < 4.78 is 14.0. The topological polar surface area (TPSA) is 0 Å². The van der Waals surface area contributed by atoms with Crippen molar-refractivity contribution in [2.45, 2.75) is 12.3 Å². The number of hydrogen-bond donors (Lipinski definition) is 0. The van der Waals surface area contributed by atoms with Crippen LogP contribution in [0.1, 0.15) is 21.4 Å². The third-order valence-electron chi connectivity index (χ3n) is 2.43. The van der Waals surface area contributed by atoms with Crippen LogP contribution in [0.4, 0.5) is 4.39 Å². The monoisotopic (exact) mass is 352 g/mol. The number of halogens is 4. The van der Waals surface area contributed by atoms with E-state index in [9.17, 15) is 4.39 Å². The fourth-order valence-corrected chi connectivity index (χ4v) is 4.15. The molecule has 0 amide bonds. The van der Waals surface area contributed by atoms with Gasteiger partial charge in [-0.1, -0.05) is 17.7 Å². The van der Waals surface area contributed by atoms with Gasteiger partial charge in [0.05, 0.1) is 9.16 Å². The Bertz CT molecular complexity index is 553. The van der Waals surface area contributed by atoms with E-state index in [0.29, 0.717) is 5.02 Å². The number of aryl methyl sites for hydroxylation is 1. The van der Waals surface area contributed by atoms with Crippen molar-refractivity contribution in [1.29, 1.82) is 0 Å². The van der Waals surface area contributed by atoms with Crippen LogP contribution in [-0.2, 0) is 0 Å². The molecule has 1 heterocycles. The van der Waals surface area contributed by atoms with Crippen LogP contribution in [0.3, 0.4) is 0 Å². The highest BCUT2D eigenvalue weighted by atomic mass is 79.9. The van der Waals surface area contributed by atoms with Crippen LogP contribution in [0.5, 0.6) is 0 Å². The van der Waals surface area contributed by atoms with Crippen molar-refractivity contribution in [1.82, 2.24) is 0 Å². The molecule has 0 saturated carbocycles. The predicted molar refractivity (Wildman–Crippen MR) is 75.9 cm³/mol. The van der Waals surface area contributed by atoms with Crippen LogP contribution in [0.15, 0.2) is 28.1 Å². The maximum absolute atomic E-state index is 13.0. The molecule has 1 aromatic heterocycles. The SMILES string of the molecule is Cc1sc(Br)cc1C(Cl)c1ccc(F)cc1Cl. The molecule has 0 spiro atoms. The Labute approximate surface area is 121 Å². The van der Waals surface area contributed by atoms with Gasteiger partial charge in [0.25, 0.3) is 0 Å². The van der Waals surface area contributed by atoms with Crippen molar-refractivity contribution in [3.05, 3.63) is 54.9 Å². The second-order valence-corrected chi connectivity index (χ2v) is 7.07. The van der Waals surface area contributed by atoms with Crippen molar-refractivity contribution in [2.24, 2.45) is 0 Å². The summed E-state index contributed by atoms with van der Waals surface area (Å²) in [5.41, 5.74) is 1.72. The van der Waals surface area contributed by atoms with Gasteiger partial charge in [0.2, 0.25) is 0 Å². The first-order valence-corrected chi connectivity index (χ1v) is 7.26. The number of thiophene rings is 1. The van der Waals surface area contributed by atoms with Gasteiger partial charge in [0.15, 0.2) is 0 Å². The first kappa shape index (κ1) is 13.3. The molecule has 2 aromatic rings. The van der Waals surface area contributed by atoms with Gasteiger partial charge in [0.1, 0.15) is 5.82 Å². The molecule has 1 aromatic carbocycles. The highest BCUT2D eigenvalue weighted by Crippen LogP contribution is 2.39. The zero-order valence-corrected chi connectivity index (χ0v) is 12.7. The normalized spacial score (nSPS) is 12.8. The molecule has 0 nitrogen and oxygen atoms in total. The first-order valence-electron chi connectivity index (χ1n) is 4.84. The van der Waals surface area contributed by atoms with E-state index in [0.717, 1.165) is 19.8 Å². The molecule has 5 heteroatoms. The van der Waals surface area contributed by atoms with E-state index in [1.807, 2.05) is 13.0 Å². The van der Waals surface area contributed by atoms with Gasteiger partial charge in [-0.3, -0.25) is 0 Å². The van der Waals surface area contributed by atoms with E-state index in [1.54, 1.807) is 17.4 Å². The Balaban J connectivity index is 2.43. The predicted octanol–water partition coefficient (Wildman–Crippen LogP) is 5.94. The second-order valence-electron chi connectivity index (χ2n) is 3.59. The first-order chi connectivity index (χ1) is 7.99. The molecular formula is C12H8BrCl2FS. The van der Waals surface area contributed by atoms with Gasteiger partial charge < -0.3 is 0 Å². The minimum atomic E-state index is -0.356. The Morgan fingerprint density at radius 2 is 2.00 bits per heavy atom. The lowest BCUT2D eigenvalue weighted by Crippen LogP contribution is -1.95. The second kappa shape index (κ2) is 5.27. The highest BCUT2D eigenvalue weighted by Gasteiger charge is 2.18. The van der Waals surface area contributed by atoms with E-state index in [-0.39, 0.29) is 11.2 Å². The summed E-state index contributed by atoms with van der Waals surface area (Å²) in [7, 11) is 0. The van der Waals surface area contributed by atoms with Gasteiger partial charge in [-0.05, 0) is 52.2 Å². The molecule has 0 aliphatic heterocycles. The Kier molecular flexibility index (Phi) is 4.14. The Hall–Kier alpha value is -0.0900. The maximum atomic E-state index is 13.0. The quantitative estimate of drug-likeness (QED) is 0.586. The molecule has 0 fully saturated rings.